The molecule has 7 heteroatoms. The number of hydrogen-bond donors (Lipinski definition) is 0. The van der Waals surface area contributed by atoms with Crippen LogP contribution in [0.2, 0.25) is 0 Å². The molecule has 0 aliphatic rings. The van der Waals surface area contributed by atoms with Crippen LogP contribution in [0.3, 0.4) is 0 Å². The van der Waals surface area contributed by atoms with Crippen LogP contribution in [0.25, 0.3) is 0 Å². The highest BCUT2D eigenvalue weighted by Crippen LogP contribution is 2.50. The topological polar surface area (TPSA) is 51.5 Å². The van der Waals surface area contributed by atoms with Crippen LogP contribution in [0, 0.1) is 11.3 Å². The van der Waals surface area contributed by atoms with Gasteiger partial charge in [0.25, 0.3) is 0 Å². The highest BCUT2D eigenvalue weighted by atomic mass is 32.5. The highest BCUT2D eigenvalue weighted by Gasteiger charge is 2.19. The molecule has 1 aromatic rings. The number of benzene rings is 1. The summed E-state index contributed by atoms with van der Waals surface area (Å²) in [4.78, 5) is 1.34. The first-order valence-electron chi connectivity index (χ1n) is 6.04. The van der Waals surface area contributed by atoms with Crippen molar-refractivity contribution in [2.75, 3.05) is 13.2 Å². The zero-order chi connectivity index (χ0) is 14.8. The van der Waals surface area contributed by atoms with Gasteiger partial charge in [0.05, 0.1) is 13.2 Å². The average Bonchev–Trinajstić information content (AvgIpc) is 2.45. The summed E-state index contributed by atoms with van der Waals surface area (Å²) in [7, 11) is 0. The number of hydrogen-bond acceptors (Lipinski definition) is 6. The fraction of sp³-hybridized carbons (Fsp3) is 0.308. The molecular formula is C13H16NO3PS2. The van der Waals surface area contributed by atoms with Crippen LogP contribution >= 0.6 is 18.5 Å². The Kier molecular flexibility index (Phi) is 7.90. The lowest BCUT2D eigenvalue weighted by Crippen LogP contribution is -1.96. The summed E-state index contributed by atoms with van der Waals surface area (Å²) in [5.41, 5.74) is 0. The quantitative estimate of drug-likeness (QED) is 0.304. The standard InChI is InChI=1S/C13H16NO3PS2/c1-3-15-18(19,16-4-2)17-11-13(10-14)20-12-8-6-5-7-9-12/h5-9,11H,3-4H2,1-2H3. The van der Waals surface area contributed by atoms with Crippen molar-refractivity contribution < 1.29 is 13.6 Å². The van der Waals surface area contributed by atoms with E-state index in [1.807, 2.05) is 44.2 Å². The zero-order valence-electron chi connectivity index (χ0n) is 11.3. The summed E-state index contributed by atoms with van der Waals surface area (Å²) < 4.78 is 16.1. The van der Waals surface area contributed by atoms with Crippen molar-refractivity contribution in [3.63, 3.8) is 0 Å². The SMILES string of the molecule is CCOP(=S)(OC=C(C#N)Sc1ccccc1)OCC. The molecule has 0 amide bonds. The minimum Gasteiger partial charge on any atom is -0.430 e. The van der Waals surface area contributed by atoms with Crippen molar-refractivity contribution in [1.82, 2.24) is 0 Å². The Labute approximate surface area is 129 Å². The van der Waals surface area contributed by atoms with E-state index in [0.29, 0.717) is 18.1 Å². The Balaban J connectivity index is 2.74. The molecule has 0 unspecified atom stereocenters. The van der Waals surface area contributed by atoms with E-state index in [9.17, 15) is 0 Å². The van der Waals surface area contributed by atoms with Gasteiger partial charge in [-0.15, -0.1) is 0 Å². The Hall–Kier alpha value is -0.830. The van der Waals surface area contributed by atoms with Gasteiger partial charge in [-0.05, 0) is 26.0 Å². The fourth-order valence-electron chi connectivity index (χ4n) is 1.22. The maximum Gasteiger partial charge on any atom is 0.380 e. The number of nitrogens with zero attached hydrogens (tertiary/aromatic N) is 1. The predicted molar refractivity (Wildman–Crippen MR) is 84.6 cm³/mol. The Morgan fingerprint density at radius 3 is 2.40 bits per heavy atom. The van der Waals surface area contributed by atoms with Crippen LogP contribution in [-0.2, 0) is 25.4 Å². The van der Waals surface area contributed by atoms with E-state index in [0.717, 1.165) is 4.90 Å². The largest absolute Gasteiger partial charge is 0.430 e. The minimum atomic E-state index is -2.80. The second-order valence-electron chi connectivity index (χ2n) is 3.40. The Morgan fingerprint density at radius 1 is 1.30 bits per heavy atom. The van der Waals surface area contributed by atoms with Gasteiger partial charge >= 0.3 is 6.72 Å². The lowest BCUT2D eigenvalue weighted by molar-refractivity contribution is 0.203. The van der Waals surface area contributed by atoms with Gasteiger partial charge in [0.15, 0.2) is 0 Å². The third-order valence-corrected chi connectivity index (χ3v) is 5.26. The van der Waals surface area contributed by atoms with Gasteiger partial charge in [-0.3, -0.25) is 9.05 Å². The molecule has 0 heterocycles. The molecule has 20 heavy (non-hydrogen) atoms. The van der Waals surface area contributed by atoms with E-state index in [1.54, 1.807) is 0 Å². The van der Waals surface area contributed by atoms with Gasteiger partial charge in [0.2, 0.25) is 0 Å². The van der Waals surface area contributed by atoms with Crippen molar-refractivity contribution in [2.24, 2.45) is 0 Å². The second-order valence-corrected chi connectivity index (χ2v) is 7.48. The molecule has 0 radical (unpaired) electrons. The van der Waals surface area contributed by atoms with Gasteiger partial charge in [-0.1, -0.05) is 30.0 Å². The van der Waals surface area contributed by atoms with Crippen LogP contribution in [0.4, 0.5) is 0 Å². The van der Waals surface area contributed by atoms with E-state index in [4.69, 9.17) is 30.6 Å². The van der Waals surface area contributed by atoms with E-state index >= 15 is 0 Å². The van der Waals surface area contributed by atoms with Crippen LogP contribution in [0.15, 0.2) is 46.4 Å². The second kappa shape index (κ2) is 9.17. The van der Waals surface area contributed by atoms with Crippen LogP contribution in [0.1, 0.15) is 13.8 Å². The Morgan fingerprint density at radius 2 is 1.90 bits per heavy atom. The maximum atomic E-state index is 9.12. The molecular weight excluding hydrogens is 313 g/mol. The van der Waals surface area contributed by atoms with E-state index in [1.165, 1.54) is 18.0 Å². The molecule has 0 N–H and O–H groups in total. The average molecular weight is 329 g/mol. The summed E-state index contributed by atoms with van der Waals surface area (Å²) >= 11 is 6.51. The lowest BCUT2D eigenvalue weighted by atomic mass is 10.4. The van der Waals surface area contributed by atoms with Gasteiger partial charge in [0.1, 0.15) is 17.2 Å². The normalized spacial score (nSPS) is 11.9. The van der Waals surface area contributed by atoms with E-state index in [2.05, 4.69) is 6.07 Å². The zero-order valence-corrected chi connectivity index (χ0v) is 13.8. The summed E-state index contributed by atoms with van der Waals surface area (Å²) in [6.07, 6.45) is 1.32. The Bertz CT molecular complexity index is 518. The molecule has 1 aromatic carbocycles. The van der Waals surface area contributed by atoms with Crippen LogP contribution in [0.5, 0.6) is 0 Å². The minimum absolute atomic E-state index is 0.393. The molecule has 108 valence electrons. The molecule has 0 fully saturated rings. The molecule has 0 aliphatic heterocycles. The summed E-state index contributed by atoms with van der Waals surface area (Å²) in [5, 5.41) is 9.12. The third kappa shape index (κ3) is 6.08. The molecule has 0 saturated carbocycles. The van der Waals surface area contributed by atoms with E-state index < -0.39 is 6.72 Å². The molecule has 4 nitrogen and oxygen atoms in total. The first-order chi connectivity index (χ1) is 9.63. The van der Waals surface area contributed by atoms with Crippen molar-refractivity contribution in [2.45, 2.75) is 18.7 Å². The molecule has 0 saturated heterocycles. The first kappa shape index (κ1) is 17.2. The van der Waals surface area contributed by atoms with Crippen molar-refractivity contribution >= 4 is 30.3 Å². The first-order valence-corrected chi connectivity index (χ1v) is 9.41. The monoisotopic (exact) mass is 329 g/mol. The summed E-state index contributed by atoms with van der Waals surface area (Å²) in [6, 6.07) is 11.6. The van der Waals surface area contributed by atoms with Crippen molar-refractivity contribution in [1.29, 1.82) is 5.26 Å². The molecule has 1 rings (SSSR count). The molecule has 0 aromatic heterocycles. The van der Waals surface area contributed by atoms with Gasteiger partial charge < -0.3 is 4.52 Å². The maximum absolute atomic E-state index is 9.12. The smallest absolute Gasteiger partial charge is 0.380 e. The fourth-order valence-corrected chi connectivity index (χ4v) is 3.80. The third-order valence-electron chi connectivity index (χ3n) is 1.94. The van der Waals surface area contributed by atoms with Crippen LogP contribution in [-0.4, -0.2) is 13.2 Å². The lowest BCUT2D eigenvalue weighted by Gasteiger charge is -2.18. The number of rotatable bonds is 8. The van der Waals surface area contributed by atoms with Crippen molar-refractivity contribution in [3.8, 4) is 6.07 Å². The highest BCUT2D eigenvalue weighted by molar-refractivity contribution is 8.07. The molecule has 0 bridgehead atoms. The number of thioether (sulfide) groups is 1. The van der Waals surface area contributed by atoms with Crippen LogP contribution < -0.4 is 0 Å². The molecule has 0 spiro atoms. The van der Waals surface area contributed by atoms with Gasteiger partial charge in [-0.25, -0.2) is 0 Å². The summed E-state index contributed by atoms with van der Waals surface area (Å²) in [6.45, 7) is 1.64. The number of allylic oxidation sites excluding steroid dienone is 1. The molecule has 0 atom stereocenters. The number of nitriles is 1. The predicted octanol–water partition coefficient (Wildman–Crippen LogP) is 4.46. The van der Waals surface area contributed by atoms with Gasteiger partial charge in [0, 0.05) is 16.7 Å². The van der Waals surface area contributed by atoms with Gasteiger partial charge in [-0.2, -0.15) is 5.26 Å². The van der Waals surface area contributed by atoms with E-state index in [-0.39, 0.29) is 0 Å². The van der Waals surface area contributed by atoms with Crippen molar-refractivity contribution in [3.05, 3.63) is 41.5 Å². The molecule has 0 aliphatic carbocycles. The summed E-state index contributed by atoms with van der Waals surface area (Å²) in [5.74, 6) is 0.